The first kappa shape index (κ1) is 13.8. The van der Waals surface area contributed by atoms with Crippen LogP contribution in [0.25, 0.3) is 0 Å². The second-order valence-corrected chi connectivity index (χ2v) is 4.41. The number of hydrogen-bond acceptors (Lipinski definition) is 4. The van der Waals surface area contributed by atoms with Crippen molar-refractivity contribution in [3.8, 4) is 11.6 Å². The highest BCUT2D eigenvalue weighted by molar-refractivity contribution is 6.31. The molecule has 5 heteroatoms. The van der Waals surface area contributed by atoms with Gasteiger partial charge in [0.1, 0.15) is 5.75 Å². The van der Waals surface area contributed by atoms with E-state index in [0.29, 0.717) is 29.8 Å². The van der Waals surface area contributed by atoms with E-state index in [1.54, 1.807) is 13.2 Å². The Bertz CT molecular complexity index is 561. The number of nitrogens with zero attached hydrogens (tertiary/aromatic N) is 1. The van der Waals surface area contributed by atoms with Crippen molar-refractivity contribution in [1.82, 2.24) is 4.98 Å². The van der Waals surface area contributed by atoms with Crippen LogP contribution < -0.4 is 10.5 Å². The highest BCUT2D eigenvalue weighted by Crippen LogP contribution is 2.24. The van der Waals surface area contributed by atoms with E-state index in [0.717, 1.165) is 11.1 Å². The monoisotopic (exact) mass is 278 g/mol. The number of benzene rings is 1. The highest BCUT2D eigenvalue weighted by atomic mass is 35.5. The first-order chi connectivity index (χ1) is 9.22. The number of ether oxygens (including phenoxy) is 2. The molecule has 2 aromatic rings. The Labute approximate surface area is 117 Å². The Kier molecular flexibility index (Phi) is 4.74. The van der Waals surface area contributed by atoms with Gasteiger partial charge in [-0.05, 0) is 23.3 Å². The van der Waals surface area contributed by atoms with Gasteiger partial charge in [0, 0.05) is 25.9 Å². The molecule has 2 N–H and O–H groups in total. The summed E-state index contributed by atoms with van der Waals surface area (Å²) in [7, 11) is 1.65. The summed E-state index contributed by atoms with van der Waals surface area (Å²) in [5.74, 6) is 1.17. The van der Waals surface area contributed by atoms with Crippen molar-refractivity contribution in [1.29, 1.82) is 0 Å². The molecule has 4 nitrogen and oxygen atoms in total. The summed E-state index contributed by atoms with van der Waals surface area (Å²) in [6.07, 6.45) is 1.54. The molecule has 0 radical (unpaired) electrons. The van der Waals surface area contributed by atoms with Crippen LogP contribution >= 0.6 is 11.6 Å². The fourth-order valence-electron chi connectivity index (χ4n) is 1.66. The van der Waals surface area contributed by atoms with Crippen LogP contribution in [-0.2, 0) is 17.9 Å². The second kappa shape index (κ2) is 6.52. The third kappa shape index (κ3) is 3.67. The van der Waals surface area contributed by atoms with Crippen LogP contribution in [0.15, 0.2) is 36.5 Å². The van der Waals surface area contributed by atoms with E-state index in [-0.39, 0.29) is 0 Å². The Morgan fingerprint density at radius 1 is 1.32 bits per heavy atom. The van der Waals surface area contributed by atoms with E-state index < -0.39 is 0 Å². The average Bonchev–Trinajstić information content (AvgIpc) is 2.42. The molecule has 2 rings (SSSR count). The Hall–Kier alpha value is -1.62. The van der Waals surface area contributed by atoms with Gasteiger partial charge in [-0.3, -0.25) is 0 Å². The molecule has 0 aliphatic rings. The zero-order valence-corrected chi connectivity index (χ0v) is 11.4. The molecule has 0 fully saturated rings. The van der Waals surface area contributed by atoms with E-state index in [4.69, 9.17) is 26.8 Å². The molecule has 1 heterocycles. The molecule has 100 valence electrons. The summed E-state index contributed by atoms with van der Waals surface area (Å²) in [4.78, 5) is 4.12. The molecule has 0 amide bonds. The van der Waals surface area contributed by atoms with E-state index in [2.05, 4.69) is 4.98 Å². The Balaban J connectivity index is 2.18. The van der Waals surface area contributed by atoms with Gasteiger partial charge < -0.3 is 15.2 Å². The lowest BCUT2D eigenvalue weighted by atomic mass is 10.2. The smallest absolute Gasteiger partial charge is 0.219 e. The van der Waals surface area contributed by atoms with Crippen molar-refractivity contribution in [2.45, 2.75) is 13.2 Å². The van der Waals surface area contributed by atoms with Gasteiger partial charge >= 0.3 is 0 Å². The maximum Gasteiger partial charge on any atom is 0.219 e. The maximum atomic E-state index is 5.95. The molecule has 1 aromatic heterocycles. The maximum absolute atomic E-state index is 5.95. The molecule has 19 heavy (non-hydrogen) atoms. The molecule has 0 atom stereocenters. The first-order valence-electron chi connectivity index (χ1n) is 5.83. The quantitative estimate of drug-likeness (QED) is 0.913. The molecular formula is C14H15ClN2O2. The molecule has 0 unspecified atom stereocenters. The van der Waals surface area contributed by atoms with Gasteiger partial charge in [0.2, 0.25) is 5.88 Å². The summed E-state index contributed by atoms with van der Waals surface area (Å²) in [5, 5.41) is 0.544. The van der Waals surface area contributed by atoms with Gasteiger partial charge in [-0.25, -0.2) is 4.98 Å². The van der Waals surface area contributed by atoms with Crippen LogP contribution in [0, 0.1) is 0 Å². The minimum atomic E-state index is 0.349. The van der Waals surface area contributed by atoms with Crippen LogP contribution in [0.4, 0.5) is 0 Å². The fraction of sp³-hybridized carbons (Fsp3) is 0.214. The van der Waals surface area contributed by atoms with Crippen LogP contribution in [0.1, 0.15) is 11.1 Å². The SMILES string of the molecule is COCc1cccc(Oc2cc(CN)c(Cl)cn2)c1. The van der Waals surface area contributed by atoms with Crippen molar-refractivity contribution in [3.05, 3.63) is 52.7 Å². The Morgan fingerprint density at radius 3 is 2.89 bits per heavy atom. The van der Waals surface area contributed by atoms with Gasteiger partial charge in [-0.15, -0.1) is 0 Å². The van der Waals surface area contributed by atoms with Gasteiger partial charge in [-0.1, -0.05) is 23.7 Å². The van der Waals surface area contributed by atoms with Crippen molar-refractivity contribution < 1.29 is 9.47 Å². The van der Waals surface area contributed by atoms with Crippen LogP contribution in [0.5, 0.6) is 11.6 Å². The van der Waals surface area contributed by atoms with Crippen molar-refractivity contribution in [3.63, 3.8) is 0 Å². The van der Waals surface area contributed by atoms with Gasteiger partial charge in [0.05, 0.1) is 11.6 Å². The van der Waals surface area contributed by atoms with E-state index in [9.17, 15) is 0 Å². The average molecular weight is 279 g/mol. The normalized spacial score (nSPS) is 10.5. The largest absolute Gasteiger partial charge is 0.439 e. The topological polar surface area (TPSA) is 57.4 Å². The number of aromatic nitrogens is 1. The molecule has 0 aliphatic carbocycles. The lowest BCUT2D eigenvalue weighted by molar-refractivity contribution is 0.184. The number of methoxy groups -OCH3 is 1. The molecule has 0 bridgehead atoms. The third-order valence-corrected chi connectivity index (χ3v) is 2.90. The number of halogens is 1. The second-order valence-electron chi connectivity index (χ2n) is 4.00. The summed E-state index contributed by atoms with van der Waals surface area (Å²) in [6.45, 7) is 0.890. The minimum Gasteiger partial charge on any atom is -0.439 e. The van der Waals surface area contributed by atoms with Crippen molar-refractivity contribution in [2.24, 2.45) is 5.73 Å². The summed E-state index contributed by atoms with van der Waals surface area (Å²) in [5.41, 5.74) is 7.43. The number of rotatable bonds is 5. The highest BCUT2D eigenvalue weighted by Gasteiger charge is 2.04. The summed E-state index contributed by atoms with van der Waals surface area (Å²) >= 11 is 5.95. The molecule has 0 saturated carbocycles. The van der Waals surface area contributed by atoms with Gasteiger partial charge in [0.25, 0.3) is 0 Å². The molecule has 0 saturated heterocycles. The first-order valence-corrected chi connectivity index (χ1v) is 6.21. The number of nitrogens with two attached hydrogens (primary N) is 1. The van der Waals surface area contributed by atoms with E-state index >= 15 is 0 Å². The lowest BCUT2D eigenvalue weighted by Gasteiger charge is -2.08. The summed E-state index contributed by atoms with van der Waals surface area (Å²) < 4.78 is 10.8. The number of pyridine rings is 1. The van der Waals surface area contributed by atoms with Crippen molar-refractivity contribution in [2.75, 3.05) is 7.11 Å². The zero-order valence-electron chi connectivity index (χ0n) is 10.6. The minimum absolute atomic E-state index is 0.349. The predicted molar refractivity (Wildman–Crippen MR) is 74.4 cm³/mol. The molecule has 1 aromatic carbocycles. The molecule has 0 aliphatic heterocycles. The van der Waals surface area contributed by atoms with Crippen LogP contribution in [-0.4, -0.2) is 12.1 Å². The molecular weight excluding hydrogens is 264 g/mol. The summed E-state index contributed by atoms with van der Waals surface area (Å²) in [6, 6.07) is 9.38. The van der Waals surface area contributed by atoms with Crippen LogP contribution in [0.2, 0.25) is 5.02 Å². The van der Waals surface area contributed by atoms with E-state index in [1.807, 2.05) is 24.3 Å². The predicted octanol–water partition coefficient (Wildman–Crippen LogP) is 3.13. The zero-order chi connectivity index (χ0) is 13.7. The number of hydrogen-bond donors (Lipinski definition) is 1. The van der Waals surface area contributed by atoms with Crippen molar-refractivity contribution >= 4 is 11.6 Å². The van der Waals surface area contributed by atoms with Gasteiger partial charge in [-0.2, -0.15) is 0 Å². The van der Waals surface area contributed by atoms with E-state index in [1.165, 1.54) is 6.20 Å². The molecule has 0 spiro atoms. The van der Waals surface area contributed by atoms with Gasteiger partial charge in [0.15, 0.2) is 0 Å². The third-order valence-electron chi connectivity index (χ3n) is 2.56. The Morgan fingerprint density at radius 2 is 2.16 bits per heavy atom. The van der Waals surface area contributed by atoms with Crippen LogP contribution in [0.3, 0.4) is 0 Å². The standard InChI is InChI=1S/C14H15ClN2O2/c1-18-9-10-3-2-4-12(5-10)19-14-6-11(7-16)13(15)8-17-14/h2-6,8H,7,9,16H2,1H3. The lowest BCUT2D eigenvalue weighted by Crippen LogP contribution is -1.99. The fourth-order valence-corrected chi connectivity index (χ4v) is 1.84.